The lowest BCUT2D eigenvalue weighted by Gasteiger charge is -2.09. The Morgan fingerprint density at radius 1 is 1.00 bits per heavy atom. The third kappa shape index (κ3) is 6.94. The smallest absolute Gasteiger partial charge is 0.262 e. The van der Waals surface area contributed by atoms with Crippen molar-refractivity contribution in [3.63, 3.8) is 0 Å². The van der Waals surface area contributed by atoms with Gasteiger partial charge in [0.2, 0.25) is 5.91 Å². The fourth-order valence-electron chi connectivity index (χ4n) is 2.61. The van der Waals surface area contributed by atoms with Gasteiger partial charge in [-0.05, 0) is 41.5 Å². The number of hydrazone groups is 1. The zero-order valence-electron chi connectivity index (χ0n) is 16.3. The molecule has 8 heteroatoms. The van der Waals surface area contributed by atoms with Gasteiger partial charge in [0, 0.05) is 0 Å². The van der Waals surface area contributed by atoms with E-state index >= 15 is 0 Å². The molecule has 0 bridgehead atoms. The highest BCUT2D eigenvalue weighted by molar-refractivity contribution is 6.32. The van der Waals surface area contributed by atoms with Gasteiger partial charge >= 0.3 is 0 Å². The van der Waals surface area contributed by atoms with Crippen molar-refractivity contribution in [1.82, 2.24) is 5.43 Å². The van der Waals surface area contributed by atoms with Gasteiger partial charge in [0.1, 0.15) is 11.6 Å². The third-order valence-corrected chi connectivity index (χ3v) is 4.37. The van der Waals surface area contributed by atoms with Crippen LogP contribution < -0.4 is 15.5 Å². The van der Waals surface area contributed by atoms with Gasteiger partial charge in [0.05, 0.1) is 23.3 Å². The maximum absolute atomic E-state index is 13.6. The standard InChI is InChI=1S/C23H19ClFN3O3/c24-18-12-17(14-26-28-22(29)13-16-6-2-1-3-7-16)10-11-21(18)31-15-23(30)27-20-9-5-4-8-19(20)25/h1-12,14H,13,15H2,(H,27,30)(H,28,29)/b26-14-. The summed E-state index contributed by atoms with van der Waals surface area (Å²) in [6.07, 6.45) is 1.67. The van der Waals surface area contributed by atoms with Crippen LogP contribution in [0.4, 0.5) is 10.1 Å². The zero-order valence-corrected chi connectivity index (χ0v) is 17.1. The number of ether oxygens (including phenoxy) is 1. The van der Waals surface area contributed by atoms with E-state index in [0.717, 1.165) is 5.56 Å². The molecule has 0 fully saturated rings. The van der Waals surface area contributed by atoms with Gasteiger partial charge in [0.25, 0.3) is 5.91 Å². The summed E-state index contributed by atoms with van der Waals surface area (Å²) in [5.41, 5.74) is 4.05. The highest BCUT2D eigenvalue weighted by Gasteiger charge is 2.09. The first-order valence-corrected chi connectivity index (χ1v) is 9.71. The lowest BCUT2D eigenvalue weighted by atomic mass is 10.1. The number of nitrogens with zero attached hydrogens (tertiary/aromatic N) is 1. The maximum Gasteiger partial charge on any atom is 0.262 e. The summed E-state index contributed by atoms with van der Waals surface area (Å²) in [7, 11) is 0. The summed E-state index contributed by atoms with van der Waals surface area (Å²) in [5.74, 6) is -1.01. The van der Waals surface area contributed by atoms with E-state index in [1.807, 2.05) is 30.3 Å². The molecular weight excluding hydrogens is 421 g/mol. The van der Waals surface area contributed by atoms with Crippen molar-refractivity contribution < 1.29 is 18.7 Å². The Labute approximate surface area is 183 Å². The van der Waals surface area contributed by atoms with E-state index < -0.39 is 11.7 Å². The van der Waals surface area contributed by atoms with Crippen molar-refractivity contribution >= 4 is 35.3 Å². The molecular formula is C23H19ClFN3O3. The monoisotopic (exact) mass is 439 g/mol. The molecule has 0 unspecified atom stereocenters. The van der Waals surface area contributed by atoms with Crippen molar-refractivity contribution in [2.45, 2.75) is 6.42 Å². The quantitative estimate of drug-likeness (QED) is 0.408. The SMILES string of the molecule is O=C(Cc1ccccc1)N/N=C\c1ccc(OCC(=O)Nc2ccccc2F)c(Cl)c1. The number of amides is 2. The van der Waals surface area contributed by atoms with E-state index in [0.29, 0.717) is 5.56 Å². The van der Waals surface area contributed by atoms with Gasteiger partial charge in [-0.1, -0.05) is 54.1 Å². The summed E-state index contributed by atoms with van der Waals surface area (Å²) in [6, 6.07) is 20.0. The molecule has 2 amide bonds. The lowest BCUT2D eigenvalue weighted by Crippen LogP contribution is -2.20. The predicted octanol–water partition coefficient (Wildman–Crippen LogP) is 4.19. The van der Waals surface area contributed by atoms with Crippen molar-refractivity contribution in [3.8, 4) is 5.75 Å². The predicted molar refractivity (Wildman–Crippen MR) is 118 cm³/mol. The molecule has 3 aromatic rings. The molecule has 0 radical (unpaired) electrons. The van der Waals surface area contributed by atoms with Crippen molar-refractivity contribution in [2.75, 3.05) is 11.9 Å². The first-order valence-electron chi connectivity index (χ1n) is 9.34. The first kappa shape index (κ1) is 22.0. The average Bonchev–Trinajstić information content (AvgIpc) is 2.75. The molecule has 0 saturated heterocycles. The van der Waals surface area contributed by atoms with Gasteiger partial charge in [-0.3, -0.25) is 9.59 Å². The second kappa shape index (κ2) is 10.9. The molecule has 0 heterocycles. The van der Waals surface area contributed by atoms with Crippen LogP contribution in [0.2, 0.25) is 5.02 Å². The van der Waals surface area contributed by atoms with Gasteiger partial charge in [-0.2, -0.15) is 5.10 Å². The number of carbonyl (C=O) groups is 2. The molecule has 0 aromatic heterocycles. The van der Waals surface area contributed by atoms with Crippen LogP contribution in [0, 0.1) is 5.82 Å². The number of anilines is 1. The fraction of sp³-hybridized carbons (Fsp3) is 0.0870. The highest BCUT2D eigenvalue weighted by Crippen LogP contribution is 2.25. The average molecular weight is 440 g/mol. The third-order valence-electron chi connectivity index (χ3n) is 4.07. The van der Waals surface area contributed by atoms with Crippen molar-refractivity contribution in [1.29, 1.82) is 0 Å². The van der Waals surface area contributed by atoms with E-state index in [1.165, 1.54) is 24.4 Å². The van der Waals surface area contributed by atoms with Crippen LogP contribution in [0.3, 0.4) is 0 Å². The summed E-state index contributed by atoms with van der Waals surface area (Å²) in [6.45, 7) is -0.336. The Morgan fingerprint density at radius 3 is 2.48 bits per heavy atom. The molecule has 3 aromatic carbocycles. The molecule has 0 saturated carbocycles. The second-order valence-corrected chi connectivity index (χ2v) is 6.87. The van der Waals surface area contributed by atoms with E-state index in [4.69, 9.17) is 16.3 Å². The van der Waals surface area contributed by atoms with Crippen molar-refractivity contribution in [2.24, 2.45) is 5.10 Å². The number of nitrogens with one attached hydrogen (secondary N) is 2. The number of hydrogen-bond acceptors (Lipinski definition) is 4. The number of rotatable bonds is 8. The Balaban J connectivity index is 1.49. The second-order valence-electron chi connectivity index (χ2n) is 6.46. The Bertz CT molecular complexity index is 1090. The van der Waals surface area contributed by atoms with Crippen LogP contribution >= 0.6 is 11.6 Å². The van der Waals surface area contributed by atoms with E-state index in [9.17, 15) is 14.0 Å². The van der Waals surface area contributed by atoms with Crippen LogP contribution in [-0.2, 0) is 16.0 Å². The highest BCUT2D eigenvalue weighted by atomic mass is 35.5. The first-order chi connectivity index (χ1) is 15.0. The molecule has 0 aliphatic heterocycles. The van der Waals surface area contributed by atoms with Crippen LogP contribution in [0.1, 0.15) is 11.1 Å². The lowest BCUT2D eigenvalue weighted by molar-refractivity contribution is -0.120. The van der Waals surface area contributed by atoms with E-state index in [-0.39, 0.29) is 35.4 Å². The van der Waals surface area contributed by atoms with Crippen LogP contribution in [0.15, 0.2) is 77.9 Å². The van der Waals surface area contributed by atoms with E-state index in [2.05, 4.69) is 15.8 Å². The van der Waals surface area contributed by atoms with Crippen LogP contribution in [0.25, 0.3) is 0 Å². The largest absolute Gasteiger partial charge is 0.482 e. The molecule has 0 aliphatic rings. The molecule has 0 atom stereocenters. The minimum Gasteiger partial charge on any atom is -0.482 e. The summed E-state index contributed by atoms with van der Waals surface area (Å²) in [4.78, 5) is 23.8. The van der Waals surface area contributed by atoms with E-state index in [1.54, 1.807) is 24.3 Å². The minimum absolute atomic E-state index is 0.0723. The number of para-hydroxylation sites is 1. The normalized spacial score (nSPS) is 10.6. The zero-order chi connectivity index (χ0) is 22.1. The Kier molecular flexibility index (Phi) is 7.73. The Hall–Kier alpha value is -3.71. The molecule has 3 rings (SSSR count). The van der Waals surface area contributed by atoms with Gasteiger partial charge < -0.3 is 10.1 Å². The number of benzene rings is 3. The number of carbonyl (C=O) groups excluding carboxylic acids is 2. The fourth-order valence-corrected chi connectivity index (χ4v) is 2.85. The molecule has 31 heavy (non-hydrogen) atoms. The van der Waals surface area contributed by atoms with Gasteiger partial charge in [-0.15, -0.1) is 0 Å². The van der Waals surface area contributed by atoms with Crippen molar-refractivity contribution in [3.05, 3.63) is 94.8 Å². The molecule has 6 nitrogen and oxygen atoms in total. The maximum atomic E-state index is 13.6. The molecule has 158 valence electrons. The molecule has 0 spiro atoms. The summed E-state index contributed by atoms with van der Waals surface area (Å²) >= 11 is 6.18. The van der Waals surface area contributed by atoms with Gasteiger partial charge in [-0.25, -0.2) is 9.82 Å². The number of hydrogen-bond donors (Lipinski definition) is 2. The number of halogens is 2. The van der Waals surface area contributed by atoms with Gasteiger partial charge in [0.15, 0.2) is 6.61 Å². The Morgan fingerprint density at radius 2 is 1.74 bits per heavy atom. The van der Waals surface area contributed by atoms with Crippen LogP contribution in [-0.4, -0.2) is 24.6 Å². The summed E-state index contributed by atoms with van der Waals surface area (Å²) in [5, 5.41) is 6.60. The summed E-state index contributed by atoms with van der Waals surface area (Å²) < 4.78 is 19.0. The minimum atomic E-state index is -0.534. The molecule has 0 aliphatic carbocycles. The topological polar surface area (TPSA) is 79.8 Å². The van der Waals surface area contributed by atoms with Crippen LogP contribution in [0.5, 0.6) is 5.75 Å². The molecule has 2 N–H and O–H groups in total.